The standard InChI is InChI=1S/C7H12FN/c1-2-5-9-7-4-3-6(7)8/h2,6-7,9H,1,3-5H2. The van der Waals surface area contributed by atoms with E-state index in [1.807, 2.05) is 0 Å². The SMILES string of the molecule is C=CCNC1CCC1F. The first kappa shape index (κ1) is 6.75. The fraction of sp³-hybridized carbons (Fsp3) is 0.714. The molecule has 0 aromatic carbocycles. The number of nitrogens with one attached hydrogen (secondary N) is 1. The van der Waals surface area contributed by atoms with Crippen molar-refractivity contribution in [3.05, 3.63) is 12.7 Å². The summed E-state index contributed by atoms with van der Waals surface area (Å²) >= 11 is 0. The topological polar surface area (TPSA) is 12.0 Å². The van der Waals surface area contributed by atoms with Gasteiger partial charge in [0.1, 0.15) is 6.17 Å². The van der Waals surface area contributed by atoms with Crippen LogP contribution in [0.3, 0.4) is 0 Å². The summed E-state index contributed by atoms with van der Waals surface area (Å²) in [5.74, 6) is 0. The highest BCUT2D eigenvalue weighted by atomic mass is 19.1. The molecule has 9 heavy (non-hydrogen) atoms. The Morgan fingerprint density at radius 1 is 1.67 bits per heavy atom. The minimum absolute atomic E-state index is 0.114. The fourth-order valence-electron chi connectivity index (χ4n) is 0.924. The molecule has 1 fully saturated rings. The average Bonchev–Trinajstić information content (AvgIpc) is 1.86. The van der Waals surface area contributed by atoms with E-state index in [9.17, 15) is 4.39 Å². The second-order valence-corrected chi connectivity index (χ2v) is 2.40. The van der Waals surface area contributed by atoms with Crippen molar-refractivity contribution in [1.82, 2.24) is 5.32 Å². The predicted molar refractivity (Wildman–Crippen MR) is 36.1 cm³/mol. The number of halogens is 1. The third kappa shape index (κ3) is 1.52. The molecule has 1 nitrogen and oxygen atoms in total. The molecule has 2 atom stereocenters. The van der Waals surface area contributed by atoms with E-state index in [0.29, 0.717) is 0 Å². The van der Waals surface area contributed by atoms with Crippen LogP contribution in [0.5, 0.6) is 0 Å². The predicted octanol–water partition coefficient (Wildman–Crippen LogP) is 1.26. The molecule has 1 saturated carbocycles. The van der Waals surface area contributed by atoms with Crippen LogP contribution in [0.25, 0.3) is 0 Å². The molecule has 0 radical (unpaired) electrons. The van der Waals surface area contributed by atoms with Gasteiger partial charge in [0, 0.05) is 12.6 Å². The van der Waals surface area contributed by atoms with Gasteiger partial charge in [0.2, 0.25) is 0 Å². The average molecular weight is 129 g/mol. The molecule has 0 aliphatic heterocycles. The maximum Gasteiger partial charge on any atom is 0.115 e. The molecule has 0 bridgehead atoms. The fourth-order valence-corrected chi connectivity index (χ4v) is 0.924. The van der Waals surface area contributed by atoms with Crippen LogP contribution < -0.4 is 5.32 Å². The summed E-state index contributed by atoms with van der Waals surface area (Å²) in [6.45, 7) is 4.26. The molecule has 1 rings (SSSR count). The van der Waals surface area contributed by atoms with E-state index in [0.717, 1.165) is 19.4 Å². The van der Waals surface area contributed by atoms with Gasteiger partial charge in [0.15, 0.2) is 0 Å². The minimum atomic E-state index is -0.607. The lowest BCUT2D eigenvalue weighted by molar-refractivity contribution is 0.146. The van der Waals surface area contributed by atoms with Gasteiger partial charge in [0.05, 0.1) is 0 Å². The first-order chi connectivity index (χ1) is 4.34. The molecule has 1 aliphatic rings. The lowest BCUT2D eigenvalue weighted by Gasteiger charge is -2.30. The zero-order chi connectivity index (χ0) is 6.69. The Morgan fingerprint density at radius 3 is 2.78 bits per heavy atom. The van der Waals surface area contributed by atoms with E-state index in [4.69, 9.17) is 0 Å². The summed E-state index contributed by atoms with van der Waals surface area (Å²) < 4.78 is 12.4. The number of hydrogen-bond donors (Lipinski definition) is 1. The van der Waals surface area contributed by atoms with Crippen molar-refractivity contribution in [2.45, 2.75) is 25.1 Å². The monoisotopic (exact) mass is 129 g/mol. The van der Waals surface area contributed by atoms with E-state index in [-0.39, 0.29) is 6.04 Å². The minimum Gasteiger partial charge on any atom is -0.308 e. The van der Waals surface area contributed by atoms with Gasteiger partial charge in [-0.25, -0.2) is 4.39 Å². The highest BCUT2D eigenvalue weighted by molar-refractivity contribution is 4.88. The highest BCUT2D eigenvalue weighted by Crippen LogP contribution is 2.22. The zero-order valence-corrected chi connectivity index (χ0v) is 5.44. The van der Waals surface area contributed by atoms with Crippen LogP contribution in [-0.2, 0) is 0 Å². The van der Waals surface area contributed by atoms with Gasteiger partial charge in [-0.1, -0.05) is 6.08 Å². The molecular weight excluding hydrogens is 117 g/mol. The van der Waals surface area contributed by atoms with Crippen molar-refractivity contribution in [1.29, 1.82) is 0 Å². The Kier molecular flexibility index (Phi) is 2.22. The Morgan fingerprint density at radius 2 is 2.44 bits per heavy atom. The first-order valence-corrected chi connectivity index (χ1v) is 3.33. The third-order valence-electron chi connectivity index (χ3n) is 1.71. The van der Waals surface area contributed by atoms with E-state index < -0.39 is 6.17 Å². The van der Waals surface area contributed by atoms with Gasteiger partial charge in [0.25, 0.3) is 0 Å². The molecule has 0 saturated heterocycles. The van der Waals surface area contributed by atoms with Crippen LogP contribution in [0, 0.1) is 0 Å². The van der Waals surface area contributed by atoms with Crippen molar-refractivity contribution in [2.24, 2.45) is 0 Å². The maximum absolute atomic E-state index is 12.4. The molecule has 2 heteroatoms. The zero-order valence-electron chi connectivity index (χ0n) is 5.44. The summed E-state index contributed by atoms with van der Waals surface area (Å²) in [4.78, 5) is 0. The quantitative estimate of drug-likeness (QED) is 0.566. The third-order valence-corrected chi connectivity index (χ3v) is 1.71. The van der Waals surface area contributed by atoms with Crippen molar-refractivity contribution < 1.29 is 4.39 Å². The lowest BCUT2D eigenvalue weighted by atomic mass is 9.91. The van der Waals surface area contributed by atoms with Crippen molar-refractivity contribution in [3.8, 4) is 0 Å². The molecular formula is C7H12FN. The summed E-state index contributed by atoms with van der Waals surface area (Å²) in [6, 6.07) is 0.114. The molecule has 52 valence electrons. The lowest BCUT2D eigenvalue weighted by Crippen LogP contribution is -2.45. The number of hydrogen-bond acceptors (Lipinski definition) is 1. The second kappa shape index (κ2) is 2.97. The van der Waals surface area contributed by atoms with Crippen molar-refractivity contribution >= 4 is 0 Å². The summed E-state index contributed by atoms with van der Waals surface area (Å²) in [6.07, 6.45) is 2.86. The van der Waals surface area contributed by atoms with Gasteiger partial charge < -0.3 is 5.32 Å². The van der Waals surface area contributed by atoms with Crippen LogP contribution in [-0.4, -0.2) is 18.8 Å². The van der Waals surface area contributed by atoms with Crippen molar-refractivity contribution in [3.63, 3.8) is 0 Å². The van der Waals surface area contributed by atoms with E-state index in [2.05, 4.69) is 11.9 Å². The van der Waals surface area contributed by atoms with E-state index >= 15 is 0 Å². The summed E-state index contributed by atoms with van der Waals surface area (Å²) in [5, 5.41) is 3.03. The molecule has 2 unspecified atom stereocenters. The molecule has 0 aromatic heterocycles. The normalized spacial score (nSPS) is 33.4. The van der Waals surface area contributed by atoms with Gasteiger partial charge in [-0.15, -0.1) is 6.58 Å². The molecule has 1 N–H and O–H groups in total. The second-order valence-electron chi connectivity index (χ2n) is 2.40. The summed E-state index contributed by atoms with van der Waals surface area (Å²) in [5.41, 5.74) is 0. The van der Waals surface area contributed by atoms with Gasteiger partial charge in [-0.05, 0) is 12.8 Å². The molecule has 0 amide bonds. The Bertz CT molecular complexity index is 103. The van der Waals surface area contributed by atoms with Crippen LogP contribution in [0.15, 0.2) is 12.7 Å². The van der Waals surface area contributed by atoms with Gasteiger partial charge >= 0.3 is 0 Å². The number of alkyl halides is 1. The smallest absolute Gasteiger partial charge is 0.115 e. The van der Waals surface area contributed by atoms with Crippen LogP contribution >= 0.6 is 0 Å². The first-order valence-electron chi connectivity index (χ1n) is 3.33. The Hall–Kier alpha value is -0.370. The molecule has 0 spiro atoms. The Balaban J connectivity index is 2.06. The van der Waals surface area contributed by atoms with E-state index in [1.165, 1.54) is 0 Å². The van der Waals surface area contributed by atoms with Crippen LogP contribution in [0.2, 0.25) is 0 Å². The highest BCUT2D eigenvalue weighted by Gasteiger charge is 2.29. The maximum atomic E-state index is 12.4. The van der Waals surface area contributed by atoms with Gasteiger partial charge in [-0.3, -0.25) is 0 Å². The van der Waals surface area contributed by atoms with Gasteiger partial charge in [-0.2, -0.15) is 0 Å². The summed E-state index contributed by atoms with van der Waals surface area (Å²) in [7, 11) is 0. The largest absolute Gasteiger partial charge is 0.308 e. The number of rotatable bonds is 3. The molecule has 0 heterocycles. The van der Waals surface area contributed by atoms with Crippen LogP contribution in [0.4, 0.5) is 4.39 Å². The molecule has 0 aromatic rings. The van der Waals surface area contributed by atoms with E-state index in [1.54, 1.807) is 6.08 Å². The van der Waals surface area contributed by atoms with Crippen molar-refractivity contribution in [2.75, 3.05) is 6.54 Å². The molecule has 1 aliphatic carbocycles. The van der Waals surface area contributed by atoms with Crippen LogP contribution in [0.1, 0.15) is 12.8 Å². The Labute approximate surface area is 54.9 Å².